The van der Waals surface area contributed by atoms with Gasteiger partial charge in [-0.25, -0.2) is 0 Å². The summed E-state index contributed by atoms with van der Waals surface area (Å²) in [5.41, 5.74) is 0.887. The van der Waals surface area contributed by atoms with Crippen LogP contribution in [0.4, 0.5) is 5.69 Å². The van der Waals surface area contributed by atoms with Crippen LogP contribution in [0.1, 0.15) is 6.42 Å². The number of ether oxygens (including phenoxy) is 1. The Kier molecular flexibility index (Phi) is 4.07. The summed E-state index contributed by atoms with van der Waals surface area (Å²) in [6.45, 7) is 5.63. The zero-order valence-corrected chi connectivity index (χ0v) is 12.1. The first-order chi connectivity index (χ1) is 9.24. The Morgan fingerprint density at radius 3 is 2.74 bits per heavy atom. The van der Waals surface area contributed by atoms with E-state index in [0.717, 1.165) is 51.5 Å². The maximum Gasteiger partial charge on any atom is 0.175 e. The van der Waals surface area contributed by atoms with Crippen LogP contribution in [-0.4, -0.2) is 60.5 Å². The molecule has 104 valence electrons. The molecule has 5 nitrogen and oxygen atoms in total. The molecule has 2 fully saturated rings. The quantitative estimate of drug-likeness (QED) is 0.832. The number of anilines is 1. The van der Waals surface area contributed by atoms with Crippen LogP contribution in [0.15, 0.2) is 6.07 Å². The van der Waals surface area contributed by atoms with E-state index in [1.165, 1.54) is 0 Å². The molecule has 2 aliphatic heterocycles. The molecule has 0 aromatic carbocycles. The normalized spacial score (nSPS) is 24.9. The molecule has 0 bridgehead atoms. The lowest BCUT2D eigenvalue weighted by Gasteiger charge is -2.32. The SMILES string of the molecule is Clc1cc(N2CCC(N3CCOCC3)C2)c(Cl)nn1. The number of rotatable bonds is 2. The van der Waals surface area contributed by atoms with Crippen molar-refractivity contribution in [1.82, 2.24) is 15.1 Å². The van der Waals surface area contributed by atoms with Crippen LogP contribution in [0, 0.1) is 0 Å². The number of nitrogens with zero attached hydrogens (tertiary/aromatic N) is 4. The highest BCUT2D eigenvalue weighted by Crippen LogP contribution is 2.29. The van der Waals surface area contributed by atoms with Crippen LogP contribution in [0.5, 0.6) is 0 Å². The Morgan fingerprint density at radius 2 is 1.95 bits per heavy atom. The predicted molar refractivity (Wildman–Crippen MR) is 75.1 cm³/mol. The fourth-order valence-electron chi connectivity index (χ4n) is 2.77. The largest absolute Gasteiger partial charge is 0.379 e. The van der Waals surface area contributed by atoms with E-state index in [1.807, 2.05) is 0 Å². The van der Waals surface area contributed by atoms with Crippen molar-refractivity contribution in [2.24, 2.45) is 0 Å². The van der Waals surface area contributed by atoms with E-state index in [1.54, 1.807) is 6.07 Å². The molecule has 0 radical (unpaired) electrons. The third-order valence-electron chi connectivity index (χ3n) is 3.77. The highest BCUT2D eigenvalue weighted by Gasteiger charge is 2.30. The second kappa shape index (κ2) is 5.79. The summed E-state index contributed by atoms with van der Waals surface area (Å²) in [5.74, 6) is 0. The second-order valence-electron chi connectivity index (χ2n) is 4.88. The van der Waals surface area contributed by atoms with Gasteiger partial charge in [-0.05, 0) is 6.42 Å². The highest BCUT2D eigenvalue weighted by atomic mass is 35.5. The number of morpholine rings is 1. The zero-order chi connectivity index (χ0) is 13.2. The molecular weight excluding hydrogens is 287 g/mol. The molecule has 1 atom stereocenters. The molecule has 0 saturated carbocycles. The molecule has 0 amide bonds. The topological polar surface area (TPSA) is 41.5 Å². The first kappa shape index (κ1) is 13.4. The highest BCUT2D eigenvalue weighted by molar-refractivity contribution is 6.33. The summed E-state index contributed by atoms with van der Waals surface area (Å²) in [6, 6.07) is 2.35. The van der Waals surface area contributed by atoms with Crippen molar-refractivity contribution in [2.45, 2.75) is 12.5 Å². The fraction of sp³-hybridized carbons (Fsp3) is 0.667. The van der Waals surface area contributed by atoms with Crippen molar-refractivity contribution in [3.63, 3.8) is 0 Å². The minimum absolute atomic E-state index is 0.384. The van der Waals surface area contributed by atoms with E-state index in [9.17, 15) is 0 Å². The first-order valence-corrected chi connectivity index (χ1v) is 7.25. The van der Waals surface area contributed by atoms with E-state index in [0.29, 0.717) is 16.3 Å². The summed E-state index contributed by atoms with van der Waals surface area (Å²) in [6.07, 6.45) is 1.14. The molecule has 1 aromatic rings. The smallest absolute Gasteiger partial charge is 0.175 e. The minimum Gasteiger partial charge on any atom is -0.379 e. The van der Waals surface area contributed by atoms with Crippen molar-refractivity contribution >= 4 is 28.9 Å². The summed E-state index contributed by atoms with van der Waals surface area (Å²) in [4.78, 5) is 4.73. The predicted octanol–water partition coefficient (Wildman–Crippen LogP) is 1.69. The summed E-state index contributed by atoms with van der Waals surface area (Å²) >= 11 is 12.0. The lowest BCUT2D eigenvalue weighted by molar-refractivity contribution is 0.0209. The van der Waals surface area contributed by atoms with Gasteiger partial charge < -0.3 is 9.64 Å². The van der Waals surface area contributed by atoms with Crippen LogP contribution in [0.25, 0.3) is 0 Å². The maximum absolute atomic E-state index is 6.10. The van der Waals surface area contributed by atoms with E-state index in [2.05, 4.69) is 20.0 Å². The van der Waals surface area contributed by atoms with Gasteiger partial charge >= 0.3 is 0 Å². The average Bonchev–Trinajstić information content (AvgIpc) is 2.92. The first-order valence-electron chi connectivity index (χ1n) is 6.49. The molecule has 3 heterocycles. The Bertz CT molecular complexity index is 453. The second-order valence-corrected chi connectivity index (χ2v) is 5.63. The van der Waals surface area contributed by atoms with Gasteiger partial charge in [-0.1, -0.05) is 23.2 Å². The van der Waals surface area contributed by atoms with Crippen LogP contribution in [0.2, 0.25) is 10.3 Å². The van der Waals surface area contributed by atoms with E-state index in [-0.39, 0.29) is 0 Å². The zero-order valence-electron chi connectivity index (χ0n) is 10.6. The fourth-order valence-corrected chi connectivity index (χ4v) is 3.12. The maximum atomic E-state index is 6.10. The molecule has 2 saturated heterocycles. The van der Waals surface area contributed by atoms with E-state index < -0.39 is 0 Å². The van der Waals surface area contributed by atoms with Crippen LogP contribution >= 0.6 is 23.2 Å². The lowest BCUT2D eigenvalue weighted by atomic mass is 10.2. The van der Waals surface area contributed by atoms with Crippen LogP contribution < -0.4 is 4.90 Å². The number of aromatic nitrogens is 2. The Balaban J connectivity index is 1.69. The van der Waals surface area contributed by atoms with Crippen molar-refractivity contribution in [1.29, 1.82) is 0 Å². The van der Waals surface area contributed by atoms with Gasteiger partial charge in [0.05, 0.1) is 18.9 Å². The van der Waals surface area contributed by atoms with Gasteiger partial charge in [0, 0.05) is 38.3 Å². The third-order valence-corrected chi connectivity index (χ3v) is 4.22. The molecule has 0 aliphatic carbocycles. The van der Waals surface area contributed by atoms with Gasteiger partial charge in [0.15, 0.2) is 10.3 Å². The number of hydrogen-bond acceptors (Lipinski definition) is 5. The van der Waals surface area contributed by atoms with Gasteiger partial charge in [0.2, 0.25) is 0 Å². The molecule has 3 rings (SSSR count). The number of hydrogen-bond donors (Lipinski definition) is 0. The summed E-state index contributed by atoms with van der Waals surface area (Å²) < 4.78 is 5.39. The summed E-state index contributed by atoms with van der Waals surface area (Å²) in [7, 11) is 0. The Hall–Kier alpha value is -0.620. The van der Waals surface area contributed by atoms with Gasteiger partial charge in [-0.3, -0.25) is 4.90 Å². The average molecular weight is 303 g/mol. The summed E-state index contributed by atoms with van der Waals surface area (Å²) in [5, 5.41) is 8.43. The Labute approximate surface area is 122 Å². The van der Waals surface area contributed by atoms with Crippen LogP contribution in [0.3, 0.4) is 0 Å². The van der Waals surface area contributed by atoms with Crippen molar-refractivity contribution < 1.29 is 4.74 Å². The molecule has 0 N–H and O–H groups in total. The molecule has 1 unspecified atom stereocenters. The molecule has 0 spiro atoms. The van der Waals surface area contributed by atoms with Gasteiger partial charge in [0.1, 0.15) is 0 Å². The van der Waals surface area contributed by atoms with Crippen molar-refractivity contribution in [2.75, 3.05) is 44.3 Å². The Morgan fingerprint density at radius 1 is 1.16 bits per heavy atom. The van der Waals surface area contributed by atoms with Crippen molar-refractivity contribution in [3.05, 3.63) is 16.4 Å². The van der Waals surface area contributed by atoms with Gasteiger partial charge in [-0.15, -0.1) is 10.2 Å². The number of halogens is 2. The molecular formula is C12H16Cl2N4O. The molecule has 7 heteroatoms. The third kappa shape index (κ3) is 2.94. The van der Waals surface area contributed by atoms with Gasteiger partial charge in [0.25, 0.3) is 0 Å². The van der Waals surface area contributed by atoms with Crippen molar-refractivity contribution in [3.8, 4) is 0 Å². The minimum atomic E-state index is 0.384. The molecule has 1 aromatic heterocycles. The van der Waals surface area contributed by atoms with Gasteiger partial charge in [-0.2, -0.15) is 0 Å². The lowest BCUT2D eigenvalue weighted by Crippen LogP contribution is -2.44. The molecule has 19 heavy (non-hydrogen) atoms. The molecule has 2 aliphatic rings. The van der Waals surface area contributed by atoms with Crippen LogP contribution in [-0.2, 0) is 4.74 Å². The monoisotopic (exact) mass is 302 g/mol. The standard InChI is InChI=1S/C12H16Cl2N4O/c13-11-7-10(12(14)16-15-11)18-2-1-9(8-18)17-3-5-19-6-4-17/h7,9H,1-6,8H2. The van der Waals surface area contributed by atoms with E-state index in [4.69, 9.17) is 27.9 Å². The van der Waals surface area contributed by atoms with E-state index >= 15 is 0 Å².